The topological polar surface area (TPSA) is 93.7 Å². The highest BCUT2D eigenvalue weighted by Crippen LogP contribution is 2.65. The molecule has 0 saturated carbocycles. The third kappa shape index (κ3) is 14.7. The van der Waals surface area contributed by atoms with Gasteiger partial charge in [-0.2, -0.15) is 0 Å². The number of hydrogen-bond acceptors (Lipinski definition) is 8. The van der Waals surface area contributed by atoms with Crippen LogP contribution in [0.3, 0.4) is 0 Å². The first kappa shape index (κ1) is 88.9. The first-order chi connectivity index (χ1) is 70.7. The van der Waals surface area contributed by atoms with Crippen LogP contribution in [0.1, 0.15) is 108 Å². The molecule has 3 aliphatic carbocycles. The van der Waals surface area contributed by atoms with Gasteiger partial charge >= 0.3 is 0 Å². The maximum absolute atomic E-state index is 6.28. The van der Waals surface area contributed by atoms with Crippen molar-refractivity contribution in [1.29, 1.82) is 0 Å². The van der Waals surface area contributed by atoms with E-state index in [1.54, 1.807) is 0 Å². The largest absolute Gasteiger partial charge is 0.456 e. The number of rotatable bonds is 15. The van der Waals surface area contributed by atoms with Gasteiger partial charge in [-0.15, -0.1) is 0 Å². The van der Waals surface area contributed by atoms with E-state index < -0.39 is 16.2 Å². The lowest BCUT2D eigenvalue weighted by molar-refractivity contribution is 0.353. The van der Waals surface area contributed by atoms with Crippen LogP contribution >= 0.6 is 0 Å². The van der Waals surface area contributed by atoms with Gasteiger partial charge in [-0.3, -0.25) is 0 Å². The molecule has 144 heavy (non-hydrogen) atoms. The van der Waals surface area contributed by atoms with E-state index in [0.717, 1.165) is 72.4 Å². The summed E-state index contributed by atoms with van der Waals surface area (Å²) in [7, 11) is 0. The van der Waals surface area contributed by atoms with Crippen LogP contribution in [0.5, 0.6) is 0 Å². The average molecular weight is 1850 g/mol. The van der Waals surface area contributed by atoms with E-state index in [9.17, 15) is 0 Å². The van der Waals surface area contributed by atoms with E-state index in [4.69, 9.17) is 34.3 Å². The maximum atomic E-state index is 6.28. The highest BCUT2D eigenvalue weighted by Gasteiger charge is 2.58. The maximum Gasteiger partial charge on any atom is 0.164 e. The van der Waals surface area contributed by atoms with Crippen LogP contribution in [-0.4, -0.2) is 29.9 Å². The highest BCUT2D eigenvalue weighted by atomic mass is 16.3. The SMILES string of the molecule is CC1(C)c2ccccc2-c2ccccc2C1(c1ccccc1)c1ccc(-c2nc(-c3ccccc3)nc(-c3ccccc3)n2)cc1.CC1(C)c2ccccc2-c2ccccc2C1(c1ccccc1)c1ccc(N(c2ccccc2)c2ccc3ccccc3c2)cc1.CC1(C)c2ccccc2-c2ccccc2C1(c1ccccc1)c1cccc(-c2nc(-c3ccccc3)nc(-c3cccc4oc5ccccc5c34)n2)c1. The molecule has 0 radical (unpaired) electrons. The fourth-order valence-electron chi connectivity index (χ4n) is 24.4. The molecule has 0 N–H and O–H groups in total. The molecule has 0 spiro atoms. The summed E-state index contributed by atoms with van der Waals surface area (Å²) < 4.78 is 6.28. The smallest absolute Gasteiger partial charge is 0.164 e. The molecule has 20 aromatic carbocycles. The Morgan fingerprint density at radius 1 is 0.181 bits per heavy atom. The Bertz CT molecular complexity index is 8660. The summed E-state index contributed by atoms with van der Waals surface area (Å²) in [6, 6.07) is 184. The second-order valence-corrected chi connectivity index (χ2v) is 39.4. The van der Waals surface area contributed by atoms with Crippen molar-refractivity contribution in [2.45, 2.75) is 74.0 Å². The molecule has 0 saturated heterocycles. The molecule has 26 rings (SSSR count). The molecule has 8 nitrogen and oxygen atoms in total. The summed E-state index contributed by atoms with van der Waals surface area (Å²) in [4.78, 5) is 32.8. The van der Waals surface area contributed by atoms with E-state index in [2.05, 4.69) is 453 Å². The molecule has 0 aliphatic heterocycles. The van der Waals surface area contributed by atoms with Gasteiger partial charge in [-0.05, 0) is 166 Å². The number of anilines is 3. The van der Waals surface area contributed by atoms with Crippen molar-refractivity contribution in [3.63, 3.8) is 0 Å². The van der Waals surface area contributed by atoms with Crippen LogP contribution < -0.4 is 4.90 Å². The summed E-state index contributed by atoms with van der Waals surface area (Å²) in [6.07, 6.45) is 0. The quantitative estimate of drug-likeness (QED) is 0.100. The molecule has 3 atom stereocenters. The van der Waals surface area contributed by atoms with Crippen molar-refractivity contribution in [2.75, 3.05) is 4.90 Å². The van der Waals surface area contributed by atoms with Gasteiger partial charge in [0, 0.05) is 77.5 Å². The molecule has 0 bridgehead atoms. The van der Waals surface area contributed by atoms with Gasteiger partial charge in [0.2, 0.25) is 0 Å². The molecule has 0 amide bonds. The summed E-state index contributed by atoms with van der Waals surface area (Å²) in [5, 5.41) is 4.50. The molecule has 3 heterocycles. The van der Waals surface area contributed by atoms with Crippen LogP contribution in [0, 0.1) is 0 Å². The standard InChI is InChI=1S/C49H35N3O.C44H35N.C43H33N3/c1-48(2)40-27-12-9-23-36(40)37-24-10-13-28-41(37)49(48,34-20-7-4-8-21-34)35-22-15-19-33(31-35)46-50-45(32-17-5-3-6-18-32)51-47(52-46)39-26-16-30-43-44(39)38-25-11-14-29-42(38)53-43;1-43(2)41-23-13-11-21-39(41)40-22-12-14-24-42(40)44(43,34-17-5-3-6-18-34)35-26-29-37(30-27-35)45(36-19-7-4-8-20-36)38-28-25-32-15-9-10-16-33(32)31-38;1-42(2)37-24-14-12-22-35(37)36-23-13-15-25-38(36)43(42,33-20-10-5-11-21-33)34-28-26-32(27-29-34)41-45-39(30-16-6-3-7-17-30)44-40(46-41)31-18-8-4-9-19-31/h3-31H,1-2H3;3-31H,1-2H3;3-29H,1-2H3. The lowest BCUT2D eigenvalue weighted by Gasteiger charge is -2.53. The zero-order valence-corrected chi connectivity index (χ0v) is 81.1. The number of aromatic nitrogens is 6. The van der Waals surface area contributed by atoms with Crippen LogP contribution in [0.2, 0.25) is 0 Å². The third-order valence-corrected chi connectivity index (χ3v) is 30.8. The van der Waals surface area contributed by atoms with Crippen molar-refractivity contribution in [3.8, 4) is 102 Å². The minimum Gasteiger partial charge on any atom is -0.456 e. The monoisotopic (exact) mass is 1850 g/mol. The minimum atomic E-state index is -0.533. The Hall–Kier alpha value is -17.7. The van der Waals surface area contributed by atoms with Gasteiger partial charge in [0.05, 0.1) is 16.2 Å². The fraction of sp³-hybridized carbons (Fsp3) is 0.0882. The van der Waals surface area contributed by atoms with Gasteiger partial charge in [-0.25, -0.2) is 29.9 Å². The number of benzene rings is 20. The van der Waals surface area contributed by atoms with E-state index in [1.807, 2.05) is 109 Å². The van der Waals surface area contributed by atoms with Crippen molar-refractivity contribution < 1.29 is 4.42 Å². The molecule has 3 unspecified atom stereocenters. The highest BCUT2D eigenvalue weighted by molar-refractivity contribution is 6.12. The molecule has 23 aromatic rings. The first-order valence-corrected chi connectivity index (χ1v) is 49.7. The lowest BCUT2D eigenvalue weighted by Crippen LogP contribution is -2.49. The van der Waals surface area contributed by atoms with Gasteiger partial charge in [0.15, 0.2) is 34.9 Å². The summed E-state index contributed by atoms with van der Waals surface area (Å²) in [5.74, 6) is 3.82. The van der Waals surface area contributed by atoms with Crippen molar-refractivity contribution in [3.05, 3.63) is 582 Å². The molecule has 688 valence electrons. The van der Waals surface area contributed by atoms with Gasteiger partial charge in [0.25, 0.3) is 0 Å². The van der Waals surface area contributed by atoms with Crippen molar-refractivity contribution >= 4 is 49.8 Å². The number of furan rings is 1. The van der Waals surface area contributed by atoms with Crippen LogP contribution in [0.25, 0.3) is 134 Å². The molecular formula is C136H103N7O. The normalized spacial score (nSPS) is 16.2. The number of nitrogens with zero attached hydrogens (tertiary/aromatic N) is 7. The van der Waals surface area contributed by atoms with Crippen LogP contribution in [0.15, 0.2) is 520 Å². The Morgan fingerprint density at radius 2 is 0.458 bits per heavy atom. The van der Waals surface area contributed by atoms with E-state index >= 15 is 0 Å². The molecule has 8 heteroatoms. The van der Waals surface area contributed by atoms with Crippen molar-refractivity contribution in [2.24, 2.45) is 0 Å². The Labute approximate surface area is 841 Å². The number of para-hydroxylation sites is 2. The predicted octanol–water partition coefficient (Wildman–Crippen LogP) is 33.8. The Morgan fingerprint density at radius 3 is 0.896 bits per heavy atom. The van der Waals surface area contributed by atoms with Gasteiger partial charge in [0.1, 0.15) is 11.2 Å². The second-order valence-electron chi connectivity index (χ2n) is 39.4. The van der Waals surface area contributed by atoms with Crippen LogP contribution in [0.4, 0.5) is 17.1 Å². The zero-order chi connectivity index (χ0) is 97.1. The minimum absolute atomic E-state index is 0.238. The number of hydrogen-bond donors (Lipinski definition) is 0. The Balaban J connectivity index is 0.000000117. The summed E-state index contributed by atoms with van der Waals surface area (Å²) >= 11 is 0. The number of fused-ring (bicyclic) bond motifs is 13. The summed E-state index contributed by atoms with van der Waals surface area (Å²) in [6.45, 7) is 14.4. The molecule has 3 aromatic heterocycles. The third-order valence-electron chi connectivity index (χ3n) is 30.8. The predicted molar refractivity (Wildman–Crippen MR) is 592 cm³/mol. The van der Waals surface area contributed by atoms with Crippen molar-refractivity contribution in [1.82, 2.24) is 29.9 Å². The Kier molecular flexibility index (Phi) is 22.5. The van der Waals surface area contributed by atoms with E-state index in [1.165, 1.54) is 111 Å². The van der Waals surface area contributed by atoms with Crippen LogP contribution in [-0.2, 0) is 32.5 Å². The zero-order valence-electron chi connectivity index (χ0n) is 81.1. The van der Waals surface area contributed by atoms with Gasteiger partial charge < -0.3 is 9.32 Å². The van der Waals surface area contributed by atoms with E-state index in [0.29, 0.717) is 34.9 Å². The lowest BCUT2D eigenvalue weighted by atomic mass is 9.49. The molecular weight excluding hydrogens is 1750 g/mol. The first-order valence-electron chi connectivity index (χ1n) is 49.7. The second kappa shape index (κ2) is 36.5. The van der Waals surface area contributed by atoms with Gasteiger partial charge in [-0.1, -0.05) is 503 Å². The van der Waals surface area contributed by atoms with E-state index in [-0.39, 0.29) is 16.2 Å². The fourth-order valence-corrected chi connectivity index (χ4v) is 24.4. The summed E-state index contributed by atoms with van der Waals surface area (Å²) in [5.41, 5.74) is 31.7. The average Bonchev–Trinajstić information content (AvgIpc) is 0.733. The molecule has 3 aliphatic rings. The molecule has 0 fully saturated rings.